The largest absolute Gasteiger partial charge is 0.334 e. The molecule has 2 aromatic rings. The lowest BCUT2D eigenvalue weighted by Gasteiger charge is -2.32. The van der Waals surface area contributed by atoms with Crippen LogP contribution in [-0.2, 0) is 13.1 Å². The first-order valence-corrected chi connectivity index (χ1v) is 10.9. The number of rotatable bonds is 5. The van der Waals surface area contributed by atoms with Crippen molar-refractivity contribution >= 4 is 6.03 Å². The van der Waals surface area contributed by atoms with Crippen LogP contribution in [0.4, 0.5) is 9.18 Å². The summed E-state index contributed by atoms with van der Waals surface area (Å²) in [5, 5.41) is 3.06. The average molecular weight is 411 g/mol. The Bertz CT molecular complexity index is 866. The molecule has 0 aromatic heterocycles. The fourth-order valence-electron chi connectivity index (χ4n) is 4.45. The van der Waals surface area contributed by atoms with E-state index >= 15 is 0 Å². The van der Waals surface area contributed by atoms with E-state index in [2.05, 4.69) is 46.4 Å². The van der Waals surface area contributed by atoms with Crippen LogP contribution in [0.5, 0.6) is 0 Å². The van der Waals surface area contributed by atoms with Gasteiger partial charge in [0.15, 0.2) is 0 Å². The van der Waals surface area contributed by atoms with Crippen molar-refractivity contribution in [3.05, 3.63) is 71.0 Å². The highest BCUT2D eigenvalue weighted by molar-refractivity contribution is 5.75. The minimum absolute atomic E-state index is 0.0516. The maximum atomic E-state index is 13.6. The zero-order valence-corrected chi connectivity index (χ0v) is 17.7. The minimum atomic E-state index is -0.253. The van der Waals surface area contributed by atoms with E-state index in [1.807, 2.05) is 11.0 Å². The number of carbonyl (C=O) groups is 1. The number of likely N-dealkylation sites (tertiary alicyclic amines) is 1. The summed E-state index contributed by atoms with van der Waals surface area (Å²) in [5.41, 5.74) is 3.26. The standard InChI is InChI=1S/C24H31FN4O/c1-27-11-13-28(14-12-27)18-20-6-2-5-19(15-20)17-26-24(30)29-10-4-9-23(29)21-7-3-8-22(25)16-21/h2-3,5-8,15-16,23H,4,9-14,17-18H2,1H3,(H,26,30). The smallest absolute Gasteiger partial charge is 0.318 e. The van der Waals surface area contributed by atoms with Gasteiger partial charge in [-0.05, 0) is 48.7 Å². The van der Waals surface area contributed by atoms with Gasteiger partial charge in [-0.1, -0.05) is 36.4 Å². The molecule has 1 N–H and O–H groups in total. The number of hydrogen-bond donors (Lipinski definition) is 1. The summed E-state index contributed by atoms with van der Waals surface area (Å²) in [4.78, 5) is 19.5. The normalized spacial score (nSPS) is 20.5. The molecule has 30 heavy (non-hydrogen) atoms. The van der Waals surface area contributed by atoms with Crippen LogP contribution in [0.25, 0.3) is 0 Å². The van der Waals surface area contributed by atoms with Crippen LogP contribution >= 0.6 is 0 Å². The highest BCUT2D eigenvalue weighted by Gasteiger charge is 2.30. The van der Waals surface area contributed by atoms with Gasteiger partial charge in [-0.25, -0.2) is 9.18 Å². The van der Waals surface area contributed by atoms with Crippen LogP contribution in [0, 0.1) is 5.82 Å². The molecular formula is C24H31FN4O. The van der Waals surface area contributed by atoms with Crippen LogP contribution < -0.4 is 5.32 Å². The lowest BCUT2D eigenvalue weighted by atomic mass is 10.0. The first-order valence-electron chi connectivity index (χ1n) is 10.9. The number of likely N-dealkylation sites (N-methyl/N-ethyl adjacent to an activating group) is 1. The first-order chi connectivity index (χ1) is 14.6. The topological polar surface area (TPSA) is 38.8 Å². The third kappa shape index (κ3) is 5.18. The van der Waals surface area contributed by atoms with Crippen molar-refractivity contribution in [3.8, 4) is 0 Å². The van der Waals surface area contributed by atoms with Gasteiger partial charge in [0.2, 0.25) is 0 Å². The van der Waals surface area contributed by atoms with E-state index in [1.165, 1.54) is 17.7 Å². The quantitative estimate of drug-likeness (QED) is 0.818. The second-order valence-electron chi connectivity index (χ2n) is 8.46. The number of piperazine rings is 1. The SMILES string of the molecule is CN1CCN(Cc2cccc(CNC(=O)N3CCCC3c3cccc(F)c3)c2)CC1. The van der Waals surface area contributed by atoms with Crippen LogP contribution in [-0.4, -0.2) is 60.5 Å². The van der Waals surface area contributed by atoms with Crippen molar-refractivity contribution in [2.24, 2.45) is 0 Å². The van der Waals surface area contributed by atoms with Gasteiger partial charge in [-0.3, -0.25) is 4.90 Å². The number of halogens is 1. The van der Waals surface area contributed by atoms with Gasteiger partial charge in [0.05, 0.1) is 6.04 Å². The Kier molecular flexibility index (Phi) is 6.65. The van der Waals surface area contributed by atoms with Gasteiger partial charge < -0.3 is 15.1 Å². The van der Waals surface area contributed by atoms with Gasteiger partial charge in [0, 0.05) is 45.8 Å². The molecule has 6 heteroatoms. The Hall–Kier alpha value is -2.44. The summed E-state index contributed by atoms with van der Waals surface area (Å²) >= 11 is 0. The van der Waals surface area contributed by atoms with E-state index in [0.29, 0.717) is 13.1 Å². The van der Waals surface area contributed by atoms with Crippen LogP contribution in [0.3, 0.4) is 0 Å². The zero-order valence-electron chi connectivity index (χ0n) is 17.7. The van der Waals surface area contributed by atoms with Crippen molar-refractivity contribution in [2.45, 2.75) is 32.0 Å². The number of hydrogen-bond acceptors (Lipinski definition) is 3. The zero-order chi connectivity index (χ0) is 20.9. The Labute approximate surface area is 178 Å². The second-order valence-corrected chi connectivity index (χ2v) is 8.46. The first kappa shape index (κ1) is 20.8. The van der Waals surface area contributed by atoms with Crippen LogP contribution in [0.2, 0.25) is 0 Å². The molecule has 5 nitrogen and oxygen atoms in total. The molecule has 160 valence electrons. The lowest BCUT2D eigenvalue weighted by Crippen LogP contribution is -2.43. The van der Waals surface area contributed by atoms with Gasteiger partial charge in [-0.15, -0.1) is 0 Å². The number of urea groups is 1. The fraction of sp³-hybridized carbons (Fsp3) is 0.458. The molecule has 4 rings (SSSR count). The van der Waals surface area contributed by atoms with E-state index in [-0.39, 0.29) is 17.9 Å². The van der Waals surface area contributed by atoms with Gasteiger partial charge in [-0.2, -0.15) is 0 Å². The summed E-state index contributed by atoms with van der Waals surface area (Å²) in [6.07, 6.45) is 1.81. The Balaban J connectivity index is 1.33. The molecule has 1 atom stereocenters. The molecule has 1 unspecified atom stereocenters. The maximum Gasteiger partial charge on any atom is 0.318 e. The third-order valence-corrected chi connectivity index (χ3v) is 6.18. The summed E-state index contributed by atoms with van der Waals surface area (Å²) in [6, 6.07) is 14.9. The molecule has 2 heterocycles. The van der Waals surface area contributed by atoms with E-state index in [9.17, 15) is 9.18 Å². The van der Waals surface area contributed by atoms with Gasteiger partial charge in [0.25, 0.3) is 0 Å². The highest BCUT2D eigenvalue weighted by atomic mass is 19.1. The molecule has 0 bridgehead atoms. The molecular weight excluding hydrogens is 379 g/mol. The van der Waals surface area contributed by atoms with E-state index < -0.39 is 0 Å². The van der Waals surface area contributed by atoms with E-state index in [1.54, 1.807) is 6.07 Å². The van der Waals surface area contributed by atoms with Crippen LogP contribution in [0.15, 0.2) is 48.5 Å². The lowest BCUT2D eigenvalue weighted by molar-refractivity contribution is 0.148. The van der Waals surface area contributed by atoms with Crippen molar-refractivity contribution in [2.75, 3.05) is 39.8 Å². The fourth-order valence-corrected chi connectivity index (χ4v) is 4.45. The molecule has 2 saturated heterocycles. The van der Waals surface area contributed by atoms with E-state index in [4.69, 9.17) is 0 Å². The minimum Gasteiger partial charge on any atom is -0.334 e. The summed E-state index contributed by atoms with van der Waals surface area (Å²) in [6.45, 7) is 6.56. The van der Waals surface area contributed by atoms with Gasteiger partial charge in [0.1, 0.15) is 5.82 Å². The number of carbonyl (C=O) groups excluding carboxylic acids is 1. The molecule has 2 aliphatic heterocycles. The second kappa shape index (κ2) is 9.58. The molecule has 0 saturated carbocycles. The molecule has 0 aliphatic carbocycles. The molecule has 2 aliphatic rings. The summed E-state index contributed by atoms with van der Waals surface area (Å²) < 4.78 is 13.6. The maximum absolute atomic E-state index is 13.6. The van der Waals surface area contributed by atoms with Crippen molar-refractivity contribution in [1.82, 2.24) is 20.0 Å². The molecule has 2 amide bonds. The molecule has 0 radical (unpaired) electrons. The number of nitrogens with one attached hydrogen (secondary N) is 1. The van der Waals surface area contributed by atoms with Crippen molar-refractivity contribution in [3.63, 3.8) is 0 Å². The predicted octanol–water partition coefficient (Wildman–Crippen LogP) is 3.62. The Morgan fingerprint density at radius 3 is 2.60 bits per heavy atom. The predicted molar refractivity (Wildman–Crippen MR) is 117 cm³/mol. The number of nitrogens with zero attached hydrogens (tertiary/aromatic N) is 3. The van der Waals surface area contributed by atoms with E-state index in [0.717, 1.165) is 56.7 Å². The Morgan fingerprint density at radius 2 is 1.80 bits per heavy atom. The number of amides is 2. The number of benzene rings is 2. The third-order valence-electron chi connectivity index (χ3n) is 6.18. The highest BCUT2D eigenvalue weighted by Crippen LogP contribution is 2.32. The average Bonchev–Trinajstić information content (AvgIpc) is 3.24. The van der Waals surface area contributed by atoms with Gasteiger partial charge >= 0.3 is 6.03 Å². The summed E-state index contributed by atoms with van der Waals surface area (Å²) in [7, 11) is 2.17. The Morgan fingerprint density at radius 1 is 1.03 bits per heavy atom. The summed E-state index contributed by atoms with van der Waals surface area (Å²) in [5.74, 6) is -0.253. The van der Waals surface area contributed by atoms with Crippen molar-refractivity contribution in [1.29, 1.82) is 0 Å². The molecule has 2 aromatic carbocycles. The molecule has 2 fully saturated rings. The molecule has 0 spiro atoms. The van der Waals surface area contributed by atoms with Crippen LogP contribution in [0.1, 0.15) is 35.6 Å². The monoisotopic (exact) mass is 410 g/mol. The van der Waals surface area contributed by atoms with Crippen molar-refractivity contribution < 1.29 is 9.18 Å².